The lowest BCUT2D eigenvalue weighted by Gasteiger charge is -2.25. The maximum absolute atomic E-state index is 13.0. The van der Waals surface area contributed by atoms with Gasteiger partial charge in [0.1, 0.15) is 31.1 Å². The van der Waals surface area contributed by atoms with Crippen LogP contribution in [0.5, 0.6) is 0 Å². The number of aliphatic carboxylic acids is 4. The summed E-state index contributed by atoms with van der Waals surface area (Å²) in [6.07, 6.45) is 18.2. The van der Waals surface area contributed by atoms with Crippen LogP contribution in [0.3, 0.4) is 0 Å². The molecule has 95 heavy (non-hydrogen) atoms. The van der Waals surface area contributed by atoms with Gasteiger partial charge in [-0.05, 0) is 57.8 Å². The van der Waals surface area contributed by atoms with Crippen LogP contribution in [-0.2, 0) is 87.7 Å². The summed E-state index contributed by atoms with van der Waals surface area (Å²) in [6, 6.07) is -4.37. The lowest BCUT2D eigenvalue weighted by Crippen LogP contribution is -2.46. The summed E-state index contributed by atoms with van der Waals surface area (Å²) >= 11 is 0. The number of imidazole rings is 1. The molecule has 0 aliphatic rings. The average molecular weight is 1350 g/mol. The van der Waals surface area contributed by atoms with Crippen LogP contribution in [-0.4, -0.2) is 204 Å². The van der Waals surface area contributed by atoms with E-state index in [9.17, 15) is 77.6 Å². The first-order chi connectivity index (χ1) is 45.3. The molecular formula is C65H109N9O21. The number of aromatic amines is 1. The fraction of sp³-hybridized carbons (Fsp3) is 0.754. The number of nitrogens with one attached hydrogen (secondary N) is 6. The van der Waals surface area contributed by atoms with Gasteiger partial charge in [-0.3, -0.25) is 58.1 Å². The Hall–Kier alpha value is -7.12. The molecule has 5 amide bonds. The van der Waals surface area contributed by atoms with Crippen LogP contribution < -0.4 is 38.1 Å². The molecule has 0 saturated carbocycles. The summed E-state index contributed by atoms with van der Waals surface area (Å²) in [6.45, 7) is 3.31. The Morgan fingerprint density at radius 1 is 0.516 bits per heavy atom. The summed E-state index contributed by atoms with van der Waals surface area (Å²) < 4.78 is 21.4. The van der Waals surface area contributed by atoms with Crippen LogP contribution in [0.15, 0.2) is 12.5 Å². The molecule has 30 heteroatoms. The van der Waals surface area contributed by atoms with Gasteiger partial charge in [-0.2, -0.15) is 0 Å². The predicted molar refractivity (Wildman–Crippen MR) is 346 cm³/mol. The molecule has 1 rings (SSSR count). The van der Waals surface area contributed by atoms with Crippen LogP contribution in [0.1, 0.15) is 206 Å². The average Bonchev–Trinajstić information content (AvgIpc) is 1.73. The first-order valence-electron chi connectivity index (χ1n) is 33.5. The van der Waals surface area contributed by atoms with Crippen molar-refractivity contribution in [3.8, 4) is 0 Å². The molecule has 540 valence electrons. The van der Waals surface area contributed by atoms with E-state index >= 15 is 0 Å². The fourth-order valence-electron chi connectivity index (χ4n) is 9.86. The van der Waals surface area contributed by atoms with Crippen molar-refractivity contribution in [3.05, 3.63) is 18.2 Å². The van der Waals surface area contributed by atoms with Crippen LogP contribution >= 0.6 is 0 Å². The van der Waals surface area contributed by atoms with Crippen molar-refractivity contribution in [2.45, 2.75) is 231 Å². The summed E-state index contributed by atoms with van der Waals surface area (Å²) in [5, 5.41) is 50.6. The van der Waals surface area contributed by atoms with Crippen LogP contribution in [0.25, 0.3) is 0 Å². The fourth-order valence-corrected chi connectivity index (χ4v) is 9.86. The largest absolute Gasteiger partial charge is 0.481 e. The van der Waals surface area contributed by atoms with Crippen molar-refractivity contribution >= 4 is 76.5 Å². The number of amides is 5. The van der Waals surface area contributed by atoms with Crippen LogP contribution in [0, 0.1) is 11.3 Å². The van der Waals surface area contributed by atoms with Gasteiger partial charge in [-0.1, -0.05) is 90.9 Å². The van der Waals surface area contributed by atoms with E-state index in [1.807, 2.05) is 0 Å². The third-order valence-corrected chi connectivity index (χ3v) is 15.7. The monoisotopic (exact) mass is 1350 g/mol. The lowest BCUT2D eigenvalue weighted by atomic mass is 9.81. The molecule has 0 spiro atoms. The van der Waals surface area contributed by atoms with Crippen LogP contribution in [0.4, 0.5) is 0 Å². The van der Waals surface area contributed by atoms with E-state index in [0.717, 1.165) is 51.4 Å². The molecular weight excluding hydrogens is 1240 g/mol. The topological polar surface area (TPSA) is 481 Å². The maximum atomic E-state index is 13.0. The Labute approximate surface area is 557 Å². The number of carbonyl (C=O) groups is 13. The number of nitrogens with two attached hydrogens (primary N) is 2. The van der Waals surface area contributed by atoms with E-state index in [1.54, 1.807) is 20.0 Å². The third kappa shape index (κ3) is 46.6. The Morgan fingerprint density at radius 3 is 1.60 bits per heavy atom. The van der Waals surface area contributed by atoms with Gasteiger partial charge in [0.15, 0.2) is 17.3 Å². The minimum absolute atomic E-state index is 0.0335. The lowest BCUT2D eigenvalue weighted by molar-refractivity contribution is -0.145. The zero-order valence-corrected chi connectivity index (χ0v) is 55.9. The standard InChI is InChI=1S/C65H109N9O21/c1-65(2,40-54(77)50(66)39-47-41-68-45-72-47)55(78)42-71-51(61(67)85)21-17-18-30-69-56(79)28-24-46(62(86)87)38-48(75)25-26-52(63(88)89)74-59(82)44-95-37-34-92-32-19-20-49(76)43-94-36-35-93-33-31-70-57(80)29-27-53(64(90)91)73-58(81)22-15-13-11-9-7-5-3-4-6-8-10-12-14-16-23-60(83)84/h41,45-46,50-53,71H,3-40,42-44,66H2,1-2H3,(H2,67,85)(H,68,72)(H,69,79)(H,70,80)(H,73,81)(H,74,82)(H,83,84)(H,86,87)(H,88,89)(H,90,91)/t46-,50+,51+,52+,53+/m1/s1. The molecule has 0 fully saturated rings. The molecule has 14 N–H and O–H groups in total. The number of hydrogen-bond donors (Lipinski definition) is 12. The maximum Gasteiger partial charge on any atom is 0.326 e. The van der Waals surface area contributed by atoms with Gasteiger partial charge in [0.05, 0.1) is 63.9 Å². The van der Waals surface area contributed by atoms with Crippen molar-refractivity contribution in [1.82, 2.24) is 36.6 Å². The zero-order valence-electron chi connectivity index (χ0n) is 55.9. The van der Waals surface area contributed by atoms with Gasteiger partial charge < -0.3 is 77.1 Å². The number of aromatic nitrogens is 2. The number of ketones is 4. The zero-order chi connectivity index (χ0) is 70.7. The number of nitrogens with zero attached hydrogens (tertiary/aromatic N) is 1. The summed E-state index contributed by atoms with van der Waals surface area (Å²) in [5.74, 6) is -10.0. The van der Waals surface area contributed by atoms with Crippen molar-refractivity contribution in [3.63, 3.8) is 0 Å². The molecule has 0 aliphatic heterocycles. The quantitative estimate of drug-likeness (QED) is 0.0415. The Bertz CT molecular complexity index is 2460. The number of Topliss-reactive ketones (excluding diaryl/α,β-unsaturated/α-hetero) is 4. The number of primary amides is 1. The highest BCUT2D eigenvalue weighted by atomic mass is 16.5. The molecule has 0 bridgehead atoms. The third-order valence-electron chi connectivity index (χ3n) is 15.7. The number of unbranched alkanes of at least 4 members (excludes halogenated alkanes) is 14. The van der Waals surface area contributed by atoms with Crippen LogP contribution in [0.2, 0.25) is 0 Å². The van der Waals surface area contributed by atoms with E-state index in [0.29, 0.717) is 31.4 Å². The predicted octanol–water partition coefficient (Wildman–Crippen LogP) is 3.56. The van der Waals surface area contributed by atoms with Gasteiger partial charge in [0.25, 0.3) is 0 Å². The van der Waals surface area contributed by atoms with Gasteiger partial charge in [0.2, 0.25) is 29.5 Å². The van der Waals surface area contributed by atoms with E-state index in [4.69, 9.17) is 35.5 Å². The van der Waals surface area contributed by atoms with E-state index < -0.39 is 102 Å². The molecule has 0 unspecified atom stereocenters. The molecule has 0 saturated heterocycles. The number of rotatable bonds is 65. The SMILES string of the molecule is CC(C)(CC(=O)[C@@H](N)Cc1cnc[nH]1)C(=O)CN[C@@H](CCCCNC(=O)CC[C@H](CC(=O)CC[C@H](NC(=O)COCCOCCCC(=O)COCCOCCNC(=O)CC[C@H](NC(=O)CCCCCCCCCCCCCCCCC(=O)O)C(=O)O)C(=O)O)C(=O)O)C(N)=O. The van der Waals surface area contributed by atoms with E-state index in [2.05, 4.69) is 36.6 Å². The van der Waals surface area contributed by atoms with Gasteiger partial charge in [-0.25, -0.2) is 14.6 Å². The van der Waals surface area contributed by atoms with Crippen molar-refractivity contribution in [2.24, 2.45) is 22.8 Å². The smallest absolute Gasteiger partial charge is 0.326 e. The Kier molecular flexibility index (Phi) is 48.0. The molecule has 30 nitrogen and oxygen atoms in total. The highest BCUT2D eigenvalue weighted by Gasteiger charge is 2.33. The number of hydrogen-bond acceptors (Lipinski definition) is 20. The van der Waals surface area contributed by atoms with E-state index in [1.165, 1.54) is 38.4 Å². The number of ether oxygens (including phenoxy) is 4. The highest BCUT2D eigenvalue weighted by molar-refractivity contribution is 5.94. The number of carboxylic acid groups (broad SMARTS) is 4. The Balaban J connectivity index is 2.13. The first-order valence-corrected chi connectivity index (χ1v) is 33.5. The van der Waals surface area contributed by atoms with Gasteiger partial charge in [0, 0.05) is 94.8 Å². The molecule has 1 heterocycles. The molecule has 0 radical (unpaired) electrons. The van der Waals surface area contributed by atoms with Crippen molar-refractivity contribution in [1.29, 1.82) is 0 Å². The van der Waals surface area contributed by atoms with Gasteiger partial charge in [-0.15, -0.1) is 0 Å². The van der Waals surface area contributed by atoms with Crippen molar-refractivity contribution in [2.75, 3.05) is 72.5 Å². The highest BCUT2D eigenvalue weighted by Crippen LogP contribution is 2.24. The number of H-pyrrole nitrogens is 1. The van der Waals surface area contributed by atoms with E-state index in [-0.39, 0.29) is 166 Å². The molecule has 5 atom stereocenters. The van der Waals surface area contributed by atoms with Crippen molar-refractivity contribution < 1.29 is 102 Å². The second kappa shape index (κ2) is 53.1. The number of carbonyl (C=O) groups excluding carboxylic acids is 9. The summed E-state index contributed by atoms with van der Waals surface area (Å²) in [4.78, 5) is 165. The molecule has 0 aliphatic carbocycles. The summed E-state index contributed by atoms with van der Waals surface area (Å²) in [5.41, 5.74) is 11.2. The minimum atomic E-state index is -1.48. The molecule has 1 aromatic rings. The first kappa shape index (κ1) is 85.9. The Morgan fingerprint density at radius 2 is 1.04 bits per heavy atom. The second-order valence-corrected chi connectivity index (χ2v) is 24.5. The number of carboxylic acids is 4. The minimum Gasteiger partial charge on any atom is -0.481 e. The van der Waals surface area contributed by atoms with Gasteiger partial charge >= 0.3 is 23.9 Å². The normalized spacial score (nSPS) is 13.0. The molecule has 0 aromatic carbocycles. The second-order valence-electron chi connectivity index (χ2n) is 24.5. The summed E-state index contributed by atoms with van der Waals surface area (Å²) in [7, 11) is 0. The molecule has 1 aromatic heterocycles.